The van der Waals surface area contributed by atoms with Crippen LogP contribution in [0.5, 0.6) is 0 Å². The van der Waals surface area contributed by atoms with Crippen molar-refractivity contribution in [1.29, 1.82) is 0 Å². The van der Waals surface area contributed by atoms with E-state index in [1.807, 2.05) is 0 Å². The van der Waals surface area contributed by atoms with Gasteiger partial charge in [0.15, 0.2) is 6.04 Å². The molecule has 0 spiro atoms. The average molecular weight is 242 g/mol. The highest BCUT2D eigenvalue weighted by atomic mass is 16.5. The predicted molar refractivity (Wildman–Crippen MR) is 59.6 cm³/mol. The number of carboxylic acid groups (broad SMARTS) is 1. The largest absolute Gasteiger partial charge is 0.480 e. The number of hydrogen-bond acceptors (Lipinski definition) is 4. The van der Waals surface area contributed by atoms with Gasteiger partial charge in [-0.1, -0.05) is 0 Å². The van der Waals surface area contributed by atoms with Crippen molar-refractivity contribution in [1.82, 2.24) is 9.80 Å². The quantitative estimate of drug-likeness (QED) is 0.712. The van der Waals surface area contributed by atoms with E-state index in [1.54, 1.807) is 0 Å². The maximum absolute atomic E-state index is 11.6. The molecule has 2 saturated heterocycles. The number of amides is 1. The Morgan fingerprint density at radius 2 is 2.06 bits per heavy atom. The molecule has 6 heteroatoms. The van der Waals surface area contributed by atoms with Gasteiger partial charge in [-0.25, -0.2) is 4.79 Å². The van der Waals surface area contributed by atoms with E-state index in [4.69, 9.17) is 9.84 Å². The highest BCUT2D eigenvalue weighted by Crippen LogP contribution is 2.11. The smallest absolute Gasteiger partial charge is 0.328 e. The molecule has 0 aliphatic carbocycles. The van der Waals surface area contributed by atoms with E-state index in [1.165, 1.54) is 17.7 Å². The summed E-state index contributed by atoms with van der Waals surface area (Å²) in [6, 6.07) is -0.821. The first kappa shape index (κ1) is 12.3. The van der Waals surface area contributed by atoms with Crippen LogP contribution in [0.3, 0.4) is 0 Å². The molecule has 0 bridgehead atoms. The summed E-state index contributed by atoms with van der Waals surface area (Å²) >= 11 is 0. The lowest BCUT2D eigenvalue weighted by Crippen LogP contribution is -2.55. The first-order valence-corrected chi connectivity index (χ1v) is 6.01. The Labute approximate surface area is 100 Å². The lowest BCUT2D eigenvalue weighted by Gasteiger charge is -2.33. The van der Waals surface area contributed by atoms with Crippen molar-refractivity contribution in [3.05, 3.63) is 0 Å². The van der Waals surface area contributed by atoms with Gasteiger partial charge in [0.1, 0.15) is 6.61 Å². The summed E-state index contributed by atoms with van der Waals surface area (Å²) in [6.07, 6.45) is 2.39. The summed E-state index contributed by atoms with van der Waals surface area (Å²) in [5.74, 6) is -1.21. The molecule has 0 radical (unpaired) electrons. The number of aliphatic carboxylic acids is 1. The van der Waals surface area contributed by atoms with Gasteiger partial charge >= 0.3 is 5.97 Å². The molecule has 1 unspecified atom stereocenters. The SMILES string of the molecule is O=C(O)C1COCC(=O)N1CCN1CCCC1. The third kappa shape index (κ3) is 2.95. The van der Waals surface area contributed by atoms with Crippen LogP contribution in [0.25, 0.3) is 0 Å². The van der Waals surface area contributed by atoms with Crippen LogP contribution in [0.2, 0.25) is 0 Å². The van der Waals surface area contributed by atoms with Crippen LogP contribution in [0.1, 0.15) is 12.8 Å². The van der Waals surface area contributed by atoms with Crippen LogP contribution in [-0.2, 0) is 14.3 Å². The molecular weight excluding hydrogens is 224 g/mol. The normalized spacial score (nSPS) is 26.5. The first-order valence-electron chi connectivity index (χ1n) is 6.01. The van der Waals surface area contributed by atoms with Crippen molar-refractivity contribution in [3.8, 4) is 0 Å². The Bertz CT molecular complexity index is 302. The Balaban J connectivity index is 1.89. The van der Waals surface area contributed by atoms with E-state index in [-0.39, 0.29) is 19.1 Å². The van der Waals surface area contributed by atoms with Crippen molar-refractivity contribution in [2.24, 2.45) is 0 Å². The van der Waals surface area contributed by atoms with E-state index in [9.17, 15) is 9.59 Å². The second-order valence-corrected chi connectivity index (χ2v) is 4.51. The maximum atomic E-state index is 11.6. The molecule has 2 fully saturated rings. The molecule has 17 heavy (non-hydrogen) atoms. The number of ether oxygens (including phenoxy) is 1. The van der Waals surface area contributed by atoms with Gasteiger partial charge in [-0.05, 0) is 25.9 Å². The molecule has 0 aromatic heterocycles. The highest BCUT2D eigenvalue weighted by molar-refractivity contribution is 5.85. The molecule has 0 aromatic rings. The third-order valence-electron chi connectivity index (χ3n) is 3.34. The average Bonchev–Trinajstić information content (AvgIpc) is 2.80. The van der Waals surface area contributed by atoms with Gasteiger partial charge < -0.3 is 19.6 Å². The van der Waals surface area contributed by atoms with Gasteiger partial charge in [-0.15, -0.1) is 0 Å². The Morgan fingerprint density at radius 3 is 2.71 bits per heavy atom. The number of rotatable bonds is 4. The van der Waals surface area contributed by atoms with Crippen LogP contribution in [0.4, 0.5) is 0 Å². The molecule has 2 aliphatic rings. The second-order valence-electron chi connectivity index (χ2n) is 4.51. The Hall–Kier alpha value is -1.14. The Morgan fingerprint density at radius 1 is 1.35 bits per heavy atom. The minimum Gasteiger partial charge on any atom is -0.480 e. The molecule has 2 rings (SSSR count). The van der Waals surface area contributed by atoms with Crippen LogP contribution in [-0.4, -0.2) is 72.2 Å². The highest BCUT2D eigenvalue weighted by Gasteiger charge is 2.33. The summed E-state index contributed by atoms with van der Waals surface area (Å²) < 4.78 is 4.97. The molecule has 2 heterocycles. The lowest BCUT2D eigenvalue weighted by molar-refractivity contribution is -0.162. The zero-order valence-corrected chi connectivity index (χ0v) is 9.80. The molecule has 1 atom stereocenters. The summed E-state index contributed by atoms with van der Waals surface area (Å²) in [6.45, 7) is 3.45. The van der Waals surface area contributed by atoms with Gasteiger partial charge in [0, 0.05) is 13.1 Å². The zero-order valence-electron chi connectivity index (χ0n) is 9.80. The molecule has 6 nitrogen and oxygen atoms in total. The van der Waals surface area contributed by atoms with Gasteiger partial charge in [0.2, 0.25) is 5.91 Å². The Kier molecular flexibility index (Phi) is 3.96. The summed E-state index contributed by atoms with van der Waals surface area (Å²) in [5, 5.41) is 9.03. The maximum Gasteiger partial charge on any atom is 0.328 e. The van der Waals surface area contributed by atoms with E-state index in [0.29, 0.717) is 6.54 Å². The van der Waals surface area contributed by atoms with Crippen molar-refractivity contribution >= 4 is 11.9 Å². The first-order chi connectivity index (χ1) is 8.18. The molecular formula is C11H18N2O4. The summed E-state index contributed by atoms with van der Waals surface area (Å²) in [7, 11) is 0. The lowest BCUT2D eigenvalue weighted by atomic mass is 10.2. The standard InChI is InChI=1S/C11H18N2O4/c14-10-8-17-7-9(11(15)16)13(10)6-5-12-3-1-2-4-12/h9H,1-8H2,(H,15,16). The van der Waals surface area contributed by atoms with Crippen LogP contribution < -0.4 is 0 Å². The van der Waals surface area contributed by atoms with E-state index in [2.05, 4.69) is 4.90 Å². The topological polar surface area (TPSA) is 70.1 Å². The minimum absolute atomic E-state index is 0.00375. The van der Waals surface area contributed by atoms with Crippen LogP contribution in [0, 0.1) is 0 Å². The number of carbonyl (C=O) groups excluding carboxylic acids is 1. The number of nitrogens with zero attached hydrogens (tertiary/aromatic N) is 2. The second kappa shape index (κ2) is 5.46. The molecule has 2 aliphatic heterocycles. The fourth-order valence-electron chi connectivity index (χ4n) is 2.35. The number of likely N-dealkylation sites (tertiary alicyclic amines) is 1. The van der Waals surface area contributed by atoms with Crippen molar-refractivity contribution in [2.75, 3.05) is 39.4 Å². The van der Waals surface area contributed by atoms with E-state index in [0.717, 1.165) is 19.6 Å². The molecule has 0 aromatic carbocycles. The number of morpholine rings is 1. The summed E-state index contributed by atoms with van der Waals surface area (Å²) in [4.78, 5) is 26.4. The molecule has 0 saturated carbocycles. The van der Waals surface area contributed by atoms with E-state index < -0.39 is 12.0 Å². The fraction of sp³-hybridized carbons (Fsp3) is 0.818. The third-order valence-corrected chi connectivity index (χ3v) is 3.34. The van der Waals surface area contributed by atoms with Gasteiger partial charge in [-0.3, -0.25) is 4.79 Å². The molecule has 1 N–H and O–H groups in total. The van der Waals surface area contributed by atoms with E-state index >= 15 is 0 Å². The van der Waals surface area contributed by atoms with Crippen molar-refractivity contribution in [3.63, 3.8) is 0 Å². The van der Waals surface area contributed by atoms with Gasteiger partial charge in [0.25, 0.3) is 0 Å². The van der Waals surface area contributed by atoms with Crippen molar-refractivity contribution in [2.45, 2.75) is 18.9 Å². The predicted octanol–water partition coefficient (Wildman–Crippen LogP) is -0.606. The molecule has 1 amide bonds. The zero-order chi connectivity index (χ0) is 12.3. The monoisotopic (exact) mass is 242 g/mol. The number of hydrogen-bond donors (Lipinski definition) is 1. The summed E-state index contributed by atoms with van der Waals surface area (Å²) in [5.41, 5.74) is 0. The van der Waals surface area contributed by atoms with Crippen molar-refractivity contribution < 1.29 is 19.4 Å². The fourth-order valence-corrected chi connectivity index (χ4v) is 2.35. The van der Waals surface area contributed by atoms with Crippen LogP contribution in [0.15, 0.2) is 0 Å². The minimum atomic E-state index is -0.987. The van der Waals surface area contributed by atoms with Gasteiger partial charge in [0.05, 0.1) is 6.61 Å². The van der Waals surface area contributed by atoms with Crippen LogP contribution >= 0.6 is 0 Å². The number of carbonyl (C=O) groups is 2. The molecule has 96 valence electrons. The number of carboxylic acids is 1. The van der Waals surface area contributed by atoms with Gasteiger partial charge in [-0.2, -0.15) is 0 Å².